The molecule has 0 aliphatic heterocycles. The van der Waals surface area contributed by atoms with Crippen LogP contribution in [0.15, 0.2) is 24.3 Å². The van der Waals surface area contributed by atoms with Crippen LogP contribution in [-0.4, -0.2) is 19.5 Å². The molecule has 1 saturated carbocycles. The fraction of sp³-hybridized carbons (Fsp3) is 0.417. The van der Waals surface area contributed by atoms with Crippen molar-refractivity contribution >= 4 is 11.6 Å². The Labute approximate surface area is 89.9 Å². The summed E-state index contributed by atoms with van der Waals surface area (Å²) < 4.78 is 0. The first kappa shape index (κ1) is 10.0. The molecule has 1 fully saturated rings. The number of rotatable bonds is 4. The van der Waals surface area contributed by atoms with Crippen molar-refractivity contribution in [1.82, 2.24) is 5.32 Å². The number of amides is 1. The highest BCUT2D eigenvalue weighted by molar-refractivity contribution is 5.95. The fourth-order valence-electron chi connectivity index (χ4n) is 1.48. The zero-order chi connectivity index (χ0) is 10.7. The number of benzene rings is 1. The lowest BCUT2D eigenvalue weighted by Gasteiger charge is -2.05. The lowest BCUT2D eigenvalue weighted by molar-refractivity contribution is 0.0952. The van der Waals surface area contributed by atoms with Gasteiger partial charge in [0.1, 0.15) is 0 Å². The van der Waals surface area contributed by atoms with Gasteiger partial charge in [-0.2, -0.15) is 0 Å². The number of hydrogen-bond donors (Lipinski definition) is 2. The molecular weight excluding hydrogens is 188 g/mol. The molecule has 0 aromatic heterocycles. The van der Waals surface area contributed by atoms with E-state index in [-0.39, 0.29) is 5.91 Å². The molecule has 0 atom stereocenters. The van der Waals surface area contributed by atoms with Crippen molar-refractivity contribution < 1.29 is 4.79 Å². The van der Waals surface area contributed by atoms with Crippen LogP contribution in [-0.2, 0) is 0 Å². The maximum Gasteiger partial charge on any atom is 0.251 e. The smallest absolute Gasteiger partial charge is 0.251 e. The van der Waals surface area contributed by atoms with Crippen LogP contribution in [0.5, 0.6) is 0 Å². The van der Waals surface area contributed by atoms with Crippen molar-refractivity contribution in [1.29, 1.82) is 0 Å². The molecule has 1 aromatic rings. The van der Waals surface area contributed by atoms with Crippen LogP contribution in [0.2, 0.25) is 0 Å². The quantitative estimate of drug-likeness (QED) is 0.786. The molecule has 0 spiro atoms. The second kappa shape index (κ2) is 4.34. The molecule has 2 rings (SSSR count). The Kier molecular flexibility index (Phi) is 2.90. The highest BCUT2D eigenvalue weighted by atomic mass is 16.1. The average molecular weight is 204 g/mol. The number of hydrogen-bond acceptors (Lipinski definition) is 2. The number of carbonyl (C=O) groups is 1. The minimum Gasteiger partial charge on any atom is -0.388 e. The molecule has 0 bridgehead atoms. The highest BCUT2D eigenvalue weighted by Gasteiger charge is 2.21. The number of carbonyl (C=O) groups excluding carboxylic acids is 1. The third-order valence-corrected chi connectivity index (χ3v) is 2.66. The van der Waals surface area contributed by atoms with Gasteiger partial charge >= 0.3 is 0 Å². The van der Waals surface area contributed by atoms with Gasteiger partial charge in [-0.25, -0.2) is 0 Å². The third kappa shape index (κ3) is 2.72. The summed E-state index contributed by atoms with van der Waals surface area (Å²) in [6.07, 6.45) is 2.52. The monoisotopic (exact) mass is 204 g/mol. The second-order valence-corrected chi connectivity index (χ2v) is 3.98. The zero-order valence-corrected chi connectivity index (χ0v) is 8.92. The van der Waals surface area contributed by atoms with Gasteiger partial charge < -0.3 is 10.6 Å². The molecule has 0 saturated heterocycles. The third-order valence-electron chi connectivity index (χ3n) is 2.66. The Hall–Kier alpha value is -1.51. The first-order chi connectivity index (χ1) is 7.29. The van der Waals surface area contributed by atoms with Gasteiger partial charge in [-0.05, 0) is 37.0 Å². The van der Waals surface area contributed by atoms with Gasteiger partial charge in [0.15, 0.2) is 0 Å². The lowest BCUT2D eigenvalue weighted by atomic mass is 10.2. The van der Waals surface area contributed by atoms with Crippen molar-refractivity contribution in [2.45, 2.75) is 12.8 Å². The summed E-state index contributed by atoms with van der Waals surface area (Å²) in [6.45, 7) is 0.822. The molecule has 2 N–H and O–H groups in total. The zero-order valence-electron chi connectivity index (χ0n) is 8.92. The van der Waals surface area contributed by atoms with Crippen LogP contribution >= 0.6 is 0 Å². The summed E-state index contributed by atoms with van der Waals surface area (Å²) in [4.78, 5) is 11.7. The number of anilines is 1. The molecule has 80 valence electrons. The SMILES string of the molecule is CNc1cccc(C(=O)NCC2CC2)c1. The summed E-state index contributed by atoms with van der Waals surface area (Å²) in [6, 6.07) is 7.53. The number of nitrogens with one attached hydrogen (secondary N) is 2. The summed E-state index contributed by atoms with van der Waals surface area (Å²) in [5.41, 5.74) is 1.69. The van der Waals surface area contributed by atoms with E-state index in [0.717, 1.165) is 23.7 Å². The maximum absolute atomic E-state index is 11.7. The first-order valence-corrected chi connectivity index (χ1v) is 5.35. The fourth-order valence-corrected chi connectivity index (χ4v) is 1.48. The molecule has 15 heavy (non-hydrogen) atoms. The van der Waals surface area contributed by atoms with Crippen LogP contribution in [0.1, 0.15) is 23.2 Å². The van der Waals surface area contributed by atoms with E-state index in [1.165, 1.54) is 12.8 Å². The Morgan fingerprint density at radius 2 is 2.27 bits per heavy atom. The molecule has 1 aliphatic rings. The Balaban J connectivity index is 1.96. The molecule has 3 nitrogen and oxygen atoms in total. The van der Waals surface area contributed by atoms with Gasteiger partial charge in [0.05, 0.1) is 0 Å². The van der Waals surface area contributed by atoms with Crippen LogP contribution in [0.3, 0.4) is 0 Å². The largest absolute Gasteiger partial charge is 0.388 e. The Morgan fingerprint density at radius 3 is 2.93 bits per heavy atom. The van der Waals surface area contributed by atoms with Crippen molar-refractivity contribution in [3.63, 3.8) is 0 Å². The average Bonchev–Trinajstić information content (AvgIpc) is 3.10. The Morgan fingerprint density at radius 1 is 1.47 bits per heavy atom. The molecule has 1 aliphatic carbocycles. The van der Waals surface area contributed by atoms with E-state index in [4.69, 9.17) is 0 Å². The van der Waals surface area contributed by atoms with Gasteiger partial charge in [-0.15, -0.1) is 0 Å². The topological polar surface area (TPSA) is 41.1 Å². The van der Waals surface area contributed by atoms with Crippen LogP contribution in [0, 0.1) is 5.92 Å². The summed E-state index contributed by atoms with van der Waals surface area (Å²) >= 11 is 0. The van der Waals surface area contributed by atoms with E-state index in [1.807, 2.05) is 31.3 Å². The first-order valence-electron chi connectivity index (χ1n) is 5.35. The molecule has 1 aromatic carbocycles. The highest BCUT2D eigenvalue weighted by Crippen LogP contribution is 2.27. The van der Waals surface area contributed by atoms with Crippen molar-refractivity contribution in [3.8, 4) is 0 Å². The summed E-state index contributed by atoms with van der Waals surface area (Å²) in [7, 11) is 1.85. The minimum atomic E-state index is 0.0269. The molecule has 3 heteroatoms. The lowest BCUT2D eigenvalue weighted by Crippen LogP contribution is -2.25. The Bertz CT molecular complexity index is 358. The van der Waals surface area contributed by atoms with E-state index in [9.17, 15) is 4.79 Å². The molecular formula is C12H16N2O. The van der Waals surface area contributed by atoms with E-state index in [0.29, 0.717) is 0 Å². The molecule has 0 unspecified atom stereocenters. The van der Waals surface area contributed by atoms with Crippen molar-refractivity contribution in [2.75, 3.05) is 18.9 Å². The summed E-state index contributed by atoms with van der Waals surface area (Å²) in [5, 5.41) is 5.96. The van der Waals surface area contributed by atoms with Gasteiger partial charge in [0.2, 0.25) is 0 Å². The van der Waals surface area contributed by atoms with E-state index < -0.39 is 0 Å². The van der Waals surface area contributed by atoms with Gasteiger partial charge in [0, 0.05) is 24.8 Å². The minimum absolute atomic E-state index is 0.0269. The summed E-state index contributed by atoms with van der Waals surface area (Å²) in [5.74, 6) is 0.750. The normalized spacial score (nSPS) is 14.7. The van der Waals surface area contributed by atoms with E-state index in [2.05, 4.69) is 10.6 Å². The predicted molar refractivity (Wildman–Crippen MR) is 61.0 cm³/mol. The molecule has 0 heterocycles. The second-order valence-electron chi connectivity index (χ2n) is 3.98. The van der Waals surface area contributed by atoms with Crippen LogP contribution < -0.4 is 10.6 Å². The van der Waals surface area contributed by atoms with Gasteiger partial charge in [0.25, 0.3) is 5.91 Å². The predicted octanol–water partition coefficient (Wildman–Crippen LogP) is 1.87. The van der Waals surface area contributed by atoms with Crippen LogP contribution in [0.25, 0.3) is 0 Å². The maximum atomic E-state index is 11.7. The van der Waals surface area contributed by atoms with Gasteiger partial charge in [-0.3, -0.25) is 4.79 Å². The van der Waals surface area contributed by atoms with Crippen molar-refractivity contribution in [2.24, 2.45) is 5.92 Å². The van der Waals surface area contributed by atoms with Gasteiger partial charge in [-0.1, -0.05) is 6.07 Å². The standard InChI is InChI=1S/C12H16N2O/c1-13-11-4-2-3-10(7-11)12(15)14-8-9-5-6-9/h2-4,7,9,13H,5-6,8H2,1H3,(H,14,15). The van der Waals surface area contributed by atoms with Crippen LogP contribution in [0.4, 0.5) is 5.69 Å². The molecule has 0 radical (unpaired) electrons. The molecule has 1 amide bonds. The van der Waals surface area contributed by atoms with E-state index in [1.54, 1.807) is 0 Å². The van der Waals surface area contributed by atoms with E-state index >= 15 is 0 Å². The van der Waals surface area contributed by atoms with Crippen molar-refractivity contribution in [3.05, 3.63) is 29.8 Å².